The quantitative estimate of drug-likeness (QED) is 0.881. The van der Waals surface area contributed by atoms with E-state index in [9.17, 15) is 0 Å². The molecule has 0 fully saturated rings. The number of thiazole rings is 1. The van der Waals surface area contributed by atoms with E-state index in [1.807, 2.05) is 31.6 Å². The average Bonchev–Trinajstić information content (AvgIpc) is 2.67. The Balaban J connectivity index is 1.87. The standard InChI is InChI=1S/C12H15N3S/c1-9-3-4-13-5-11(9)6-14-7-12-8-15-10(2)16-12/h3-5,8,14H,6-7H2,1-2H3. The van der Waals surface area contributed by atoms with Crippen molar-refractivity contribution in [1.29, 1.82) is 0 Å². The molecule has 3 nitrogen and oxygen atoms in total. The van der Waals surface area contributed by atoms with Crippen LogP contribution in [0.3, 0.4) is 0 Å². The van der Waals surface area contributed by atoms with Crippen LogP contribution in [0.25, 0.3) is 0 Å². The molecule has 2 aromatic rings. The van der Waals surface area contributed by atoms with Gasteiger partial charge in [-0.15, -0.1) is 11.3 Å². The Labute approximate surface area is 99.6 Å². The number of rotatable bonds is 4. The molecule has 0 radical (unpaired) electrons. The molecule has 0 aliphatic carbocycles. The molecule has 0 atom stereocenters. The fraction of sp³-hybridized carbons (Fsp3) is 0.333. The van der Waals surface area contributed by atoms with Gasteiger partial charge in [-0.1, -0.05) is 0 Å². The van der Waals surface area contributed by atoms with Gasteiger partial charge < -0.3 is 5.32 Å². The van der Waals surface area contributed by atoms with E-state index in [1.54, 1.807) is 11.3 Å². The number of nitrogens with zero attached hydrogens (tertiary/aromatic N) is 2. The Morgan fingerprint density at radius 2 is 2.12 bits per heavy atom. The van der Waals surface area contributed by atoms with Crippen molar-refractivity contribution in [3.63, 3.8) is 0 Å². The summed E-state index contributed by atoms with van der Waals surface area (Å²) in [4.78, 5) is 9.63. The Bertz CT molecular complexity index is 465. The number of aryl methyl sites for hydroxylation is 2. The van der Waals surface area contributed by atoms with Gasteiger partial charge in [0.25, 0.3) is 0 Å². The lowest BCUT2D eigenvalue weighted by Gasteiger charge is -2.05. The van der Waals surface area contributed by atoms with Crippen LogP contribution >= 0.6 is 11.3 Å². The zero-order chi connectivity index (χ0) is 11.4. The highest BCUT2D eigenvalue weighted by atomic mass is 32.1. The van der Waals surface area contributed by atoms with Crippen molar-refractivity contribution >= 4 is 11.3 Å². The van der Waals surface area contributed by atoms with Crippen LogP contribution in [0.15, 0.2) is 24.7 Å². The Morgan fingerprint density at radius 1 is 1.25 bits per heavy atom. The summed E-state index contributed by atoms with van der Waals surface area (Å²) in [7, 11) is 0. The van der Waals surface area contributed by atoms with E-state index in [0.717, 1.165) is 18.1 Å². The topological polar surface area (TPSA) is 37.8 Å². The molecule has 84 valence electrons. The van der Waals surface area contributed by atoms with E-state index in [2.05, 4.69) is 22.2 Å². The third-order valence-electron chi connectivity index (χ3n) is 2.43. The lowest BCUT2D eigenvalue weighted by atomic mass is 10.1. The molecule has 4 heteroatoms. The van der Waals surface area contributed by atoms with Crippen LogP contribution in [0.1, 0.15) is 21.0 Å². The Kier molecular flexibility index (Phi) is 3.64. The first-order chi connectivity index (χ1) is 7.75. The van der Waals surface area contributed by atoms with Crippen molar-refractivity contribution in [1.82, 2.24) is 15.3 Å². The predicted molar refractivity (Wildman–Crippen MR) is 66.4 cm³/mol. The normalized spacial score (nSPS) is 10.6. The van der Waals surface area contributed by atoms with Gasteiger partial charge in [0.1, 0.15) is 0 Å². The van der Waals surface area contributed by atoms with Crippen molar-refractivity contribution in [3.05, 3.63) is 45.7 Å². The van der Waals surface area contributed by atoms with Crippen molar-refractivity contribution in [2.75, 3.05) is 0 Å². The van der Waals surface area contributed by atoms with Crippen LogP contribution in [0.5, 0.6) is 0 Å². The fourth-order valence-electron chi connectivity index (χ4n) is 1.49. The maximum Gasteiger partial charge on any atom is 0.0897 e. The number of aromatic nitrogens is 2. The lowest BCUT2D eigenvalue weighted by Crippen LogP contribution is -2.12. The molecule has 0 saturated heterocycles. The van der Waals surface area contributed by atoms with Gasteiger partial charge in [-0.05, 0) is 31.0 Å². The molecule has 0 unspecified atom stereocenters. The first-order valence-corrected chi connectivity index (χ1v) is 6.09. The summed E-state index contributed by atoms with van der Waals surface area (Å²) < 4.78 is 0. The zero-order valence-electron chi connectivity index (χ0n) is 9.53. The van der Waals surface area contributed by atoms with Gasteiger partial charge in [0, 0.05) is 36.6 Å². The van der Waals surface area contributed by atoms with E-state index in [-0.39, 0.29) is 0 Å². The highest BCUT2D eigenvalue weighted by molar-refractivity contribution is 7.11. The molecule has 2 rings (SSSR count). The molecule has 16 heavy (non-hydrogen) atoms. The van der Waals surface area contributed by atoms with Gasteiger partial charge in [-0.3, -0.25) is 4.98 Å². The van der Waals surface area contributed by atoms with Crippen LogP contribution in [0.2, 0.25) is 0 Å². The van der Waals surface area contributed by atoms with Gasteiger partial charge in [-0.2, -0.15) is 0 Å². The number of nitrogens with one attached hydrogen (secondary N) is 1. The predicted octanol–water partition coefficient (Wildman–Crippen LogP) is 2.44. The largest absolute Gasteiger partial charge is 0.308 e. The Hall–Kier alpha value is -1.26. The maximum absolute atomic E-state index is 4.23. The number of hydrogen-bond acceptors (Lipinski definition) is 4. The summed E-state index contributed by atoms with van der Waals surface area (Å²) in [5, 5.41) is 4.52. The monoisotopic (exact) mass is 233 g/mol. The molecular formula is C12H15N3S. The van der Waals surface area contributed by atoms with Crippen LogP contribution in [-0.4, -0.2) is 9.97 Å². The molecule has 2 heterocycles. The van der Waals surface area contributed by atoms with E-state index >= 15 is 0 Å². The van der Waals surface area contributed by atoms with Gasteiger partial charge in [0.15, 0.2) is 0 Å². The van der Waals surface area contributed by atoms with Crippen LogP contribution in [-0.2, 0) is 13.1 Å². The number of hydrogen-bond donors (Lipinski definition) is 1. The van der Waals surface area contributed by atoms with Crippen molar-refractivity contribution < 1.29 is 0 Å². The molecule has 0 bridgehead atoms. The van der Waals surface area contributed by atoms with Gasteiger partial charge in [0.05, 0.1) is 5.01 Å². The molecule has 2 aromatic heterocycles. The van der Waals surface area contributed by atoms with Crippen LogP contribution < -0.4 is 5.32 Å². The molecule has 1 N–H and O–H groups in total. The third-order valence-corrected chi connectivity index (χ3v) is 3.34. The van der Waals surface area contributed by atoms with E-state index < -0.39 is 0 Å². The minimum absolute atomic E-state index is 0.858. The minimum atomic E-state index is 0.858. The van der Waals surface area contributed by atoms with E-state index in [0.29, 0.717) is 0 Å². The summed E-state index contributed by atoms with van der Waals surface area (Å²) in [5.74, 6) is 0. The lowest BCUT2D eigenvalue weighted by molar-refractivity contribution is 0.695. The summed E-state index contributed by atoms with van der Waals surface area (Å²) in [6.45, 7) is 5.87. The Morgan fingerprint density at radius 3 is 2.81 bits per heavy atom. The van der Waals surface area contributed by atoms with Gasteiger partial charge in [0.2, 0.25) is 0 Å². The van der Waals surface area contributed by atoms with E-state index in [4.69, 9.17) is 0 Å². The fourth-order valence-corrected chi connectivity index (χ4v) is 2.25. The zero-order valence-corrected chi connectivity index (χ0v) is 10.3. The van der Waals surface area contributed by atoms with Gasteiger partial charge >= 0.3 is 0 Å². The van der Waals surface area contributed by atoms with Crippen LogP contribution in [0, 0.1) is 13.8 Å². The molecule has 0 spiro atoms. The molecular weight excluding hydrogens is 218 g/mol. The van der Waals surface area contributed by atoms with Crippen molar-refractivity contribution in [3.8, 4) is 0 Å². The summed E-state index contributed by atoms with van der Waals surface area (Å²) in [5.41, 5.74) is 2.53. The van der Waals surface area contributed by atoms with Crippen LogP contribution in [0.4, 0.5) is 0 Å². The maximum atomic E-state index is 4.23. The van der Waals surface area contributed by atoms with E-state index in [1.165, 1.54) is 16.0 Å². The molecule has 0 aliphatic rings. The SMILES string of the molecule is Cc1ncc(CNCc2cnccc2C)s1. The summed E-state index contributed by atoms with van der Waals surface area (Å²) in [6.07, 6.45) is 5.68. The summed E-state index contributed by atoms with van der Waals surface area (Å²) >= 11 is 1.74. The summed E-state index contributed by atoms with van der Waals surface area (Å²) in [6, 6.07) is 2.04. The second-order valence-electron chi connectivity index (χ2n) is 3.75. The first-order valence-electron chi connectivity index (χ1n) is 5.27. The van der Waals surface area contributed by atoms with Gasteiger partial charge in [-0.25, -0.2) is 4.98 Å². The van der Waals surface area contributed by atoms with Crippen molar-refractivity contribution in [2.24, 2.45) is 0 Å². The second kappa shape index (κ2) is 5.18. The third kappa shape index (κ3) is 2.87. The molecule has 0 saturated carbocycles. The molecule has 0 amide bonds. The highest BCUT2D eigenvalue weighted by Crippen LogP contribution is 2.11. The average molecular weight is 233 g/mol. The smallest absolute Gasteiger partial charge is 0.0897 e. The van der Waals surface area contributed by atoms with Crippen molar-refractivity contribution in [2.45, 2.75) is 26.9 Å². The highest BCUT2D eigenvalue weighted by Gasteiger charge is 1.99. The minimum Gasteiger partial charge on any atom is -0.308 e. The number of pyridine rings is 1. The molecule has 0 aliphatic heterocycles. The first kappa shape index (κ1) is 11.2. The second-order valence-corrected chi connectivity index (χ2v) is 5.07. The molecule has 0 aromatic carbocycles.